The molecular weight excluding hydrogens is 278 g/mol. The van der Waals surface area contributed by atoms with Crippen LogP contribution in [0.3, 0.4) is 0 Å². The van der Waals surface area contributed by atoms with Crippen LogP contribution >= 0.6 is 0 Å². The largest absolute Gasteiger partial charge is 0.618 e. The summed E-state index contributed by atoms with van der Waals surface area (Å²) in [6.45, 7) is 8.28. The number of nitrogens with zero attached hydrogens (tertiary/aromatic N) is 1. The molecule has 0 fully saturated rings. The standard InChI is InChI=1S/C18H25NO3/c1-12(2)15-6-7-16(22-5)17(19(15)21)14-8-9-18(3,4)10-13(14)11-20/h6-7,11-12H,8-10H2,1-5H3. The van der Waals surface area contributed by atoms with Crippen molar-refractivity contribution in [1.82, 2.24) is 0 Å². The Hall–Kier alpha value is -1.84. The van der Waals surface area contributed by atoms with Gasteiger partial charge in [-0.05, 0) is 30.7 Å². The fraction of sp³-hybridized carbons (Fsp3) is 0.556. The highest BCUT2D eigenvalue weighted by Gasteiger charge is 2.33. The molecule has 0 aromatic carbocycles. The third-order valence-electron chi connectivity index (χ3n) is 4.42. The Bertz CT molecular complexity index is 615. The minimum atomic E-state index is 0.0936. The lowest BCUT2D eigenvalue weighted by atomic mass is 9.74. The molecule has 1 heterocycles. The van der Waals surface area contributed by atoms with Crippen molar-refractivity contribution in [2.24, 2.45) is 5.41 Å². The zero-order chi connectivity index (χ0) is 16.5. The number of hydrogen-bond acceptors (Lipinski definition) is 3. The van der Waals surface area contributed by atoms with Crippen LogP contribution in [0.25, 0.3) is 5.57 Å². The number of hydrogen-bond donors (Lipinski definition) is 0. The average molecular weight is 303 g/mol. The van der Waals surface area contributed by atoms with E-state index in [1.807, 2.05) is 19.9 Å². The Labute approximate surface area is 132 Å². The Morgan fingerprint density at radius 3 is 2.59 bits per heavy atom. The predicted molar refractivity (Wildman–Crippen MR) is 86.7 cm³/mol. The second-order valence-electron chi connectivity index (χ2n) is 7.09. The van der Waals surface area contributed by atoms with Gasteiger partial charge in [0.15, 0.2) is 11.4 Å². The first-order valence-electron chi connectivity index (χ1n) is 7.78. The normalized spacial score (nSPS) is 17.7. The van der Waals surface area contributed by atoms with E-state index in [0.717, 1.165) is 35.0 Å². The molecule has 1 aromatic rings. The highest BCUT2D eigenvalue weighted by Crippen LogP contribution is 2.42. The lowest BCUT2D eigenvalue weighted by Gasteiger charge is -2.31. The molecule has 120 valence electrons. The van der Waals surface area contributed by atoms with Crippen LogP contribution in [-0.4, -0.2) is 13.4 Å². The molecule has 0 spiro atoms. The lowest BCUT2D eigenvalue weighted by molar-refractivity contribution is -0.618. The fourth-order valence-corrected chi connectivity index (χ4v) is 3.12. The Morgan fingerprint density at radius 2 is 2.05 bits per heavy atom. The number of aldehydes is 1. The van der Waals surface area contributed by atoms with Gasteiger partial charge in [0.25, 0.3) is 5.69 Å². The van der Waals surface area contributed by atoms with Crippen molar-refractivity contribution in [3.05, 3.63) is 34.3 Å². The van der Waals surface area contributed by atoms with Gasteiger partial charge in [-0.25, -0.2) is 0 Å². The Balaban J connectivity index is 2.67. The second kappa shape index (κ2) is 6.11. The van der Waals surface area contributed by atoms with Gasteiger partial charge in [0.2, 0.25) is 0 Å². The third-order valence-corrected chi connectivity index (χ3v) is 4.42. The molecule has 4 nitrogen and oxygen atoms in total. The Kier molecular flexibility index (Phi) is 4.59. The monoisotopic (exact) mass is 303 g/mol. The highest BCUT2D eigenvalue weighted by molar-refractivity contribution is 5.88. The van der Waals surface area contributed by atoms with Crippen molar-refractivity contribution in [3.63, 3.8) is 0 Å². The van der Waals surface area contributed by atoms with Gasteiger partial charge in [0.05, 0.1) is 7.11 Å². The summed E-state index contributed by atoms with van der Waals surface area (Å²) in [5.74, 6) is 0.649. The zero-order valence-electron chi connectivity index (χ0n) is 14.1. The summed E-state index contributed by atoms with van der Waals surface area (Å²) in [7, 11) is 1.56. The van der Waals surface area contributed by atoms with Crippen LogP contribution in [0.4, 0.5) is 0 Å². The average Bonchev–Trinajstić information content (AvgIpc) is 2.46. The second-order valence-corrected chi connectivity index (χ2v) is 7.09. The van der Waals surface area contributed by atoms with Gasteiger partial charge in [-0.3, -0.25) is 4.79 Å². The van der Waals surface area contributed by atoms with Crippen molar-refractivity contribution in [3.8, 4) is 5.75 Å². The summed E-state index contributed by atoms with van der Waals surface area (Å²) in [6.07, 6.45) is 3.27. The summed E-state index contributed by atoms with van der Waals surface area (Å²) >= 11 is 0. The molecule has 0 aliphatic heterocycles. The van der Waals surface area contributed by atoms with Crippen LogP contribution in [0.5, 0.6) is 5.75 Å². The minimum absolute atomic E-state index is 0.0936. The number of carbonyl (C=O) groups is 1. The van der Waals surface area contributed by atoms with Crippen LogP contribution < -0.4 is 9.47 Å². The van der Waals surface area contributed by atoms with E-state index in [1.54, 1.807) is 13.2 Å². The van der Waals surface area contributed by atoms with Gasteiger partial charge in [0, 0.05) is 23.1 Å². The molecule has 0 N–H and O–H groups in total. The first-order valence-corrected chi connectivity index (χ1v) is 7.78. The first kappa shape index (κ1) is 16.5. The number of methoxy groups -OCH3 is 1. The fourth-order valence-electron chi connectivity index (χ4n) is 3.12. The van der Waals surface area contributed by atoms with E-state index in [0.29, 0.717) is 23.6 Å². The summed E-state index contributed by atoms with van der Waals surface area (Å²) in [4.78, 5) is 11.6. The van der Waals surface area contributed by atoms with Gasteiger partial charge in [-0.15, -0.1) is 0 Å². The van der Waals surface area contributed by atoms with Crippen LogP contribution in [0.1, 0.15) is 64.3 Å². The molecule has 0 unspecified atom stereocenters. The molecule has 1 aromatic heterocycles. The van der Waals surface area contributed by atoms with E-state index in [1.165, 1.54) is 0 Å². The molecular formula is C18H25NO3. The van der Waals surface area contributed by atoms with Crippen LogP contribution in [-0.2, 0) is 4.79 Å². The molecule has 0 saturated carbocycles. The van der Waals surface area contributed by atoms with Gasteiger partial charge >= 0.3 is 0 Å². The molecule has 22 heavy (non-hydrogen) atoms. The summed E-state index contributed by atoms with van der Waals surface area (Å²) in [5.41, 5.74) is 2.85. The third kappa shape index (κ3) is 3.01. The molecule has 0 amide bonds. The highest BCUT2D eigenvalue weighted by atomic mass is 16.5. The summed E-state index contributed by atoms with van der Waals surface area (Å²) in [5, 5.41) is 12.8. The minimum Gasteiger partial charge on any atom is -0.618 e. The molecule has 1 aliphatic rings. The number of rotatable bonds is 4. The van der Waals surface area contributed by atoms with Crippen molar-refractivity contribution >= 4 is 11.9 Å². The van der Waals surface area contributed by atoms with Crippen LogP contribution in [0, 0.1) is 10.6 Å². The molecule has 2 rings (SSSR count). The van der Waals surface area contributed by atoms with Gasteiger partial charge in [-0.1, -0.05) is 27.7 Å². The number of pyridine rings is 1. The summed E-state index contributed by atoms with van der Waals surface area (Å²) in [6, 6.07) is 3.63. The van der Waals surface area contributed by atoms with Gasteiger partial charge in [-0.2, -0.15) is 4.73 Å². The van der Waals surface area contributed by atoms with E-state index in [9.17, 15) is 10.0 Å². The van der Waals surface area contributed by atoms with Crippen molar-refractivity contribution in [2.75, 3.05) is 7.11 Å². The number of aromatic nitrogens is 1. The van der Waals surface area contributed by atoms with E-state index in [4.69, 9.17) is 4.74 Å². The smallest absolute Gasteiger partial charge is 0.262 e. The zero-order valence-corrected chi connectivity index (χ0v) is 14.1. The van der Waals surface area contributed by atoms with Crippen LogP contribution in [0.2, 0.25) is 0 Å². The van der Waals surface area contributed by atoms with Crippen molar-refractivity contribution in [2.45, 2.75) is 52.9 Å². The van der Waals surface area contributed by atoms with E-state index >= 15 is 0 Å². The molecule has 1 aliphatic carbocycles. The van der Waals surface area contributed by atoms with E-state index < -0.39 is 0 Å². The quantitative estimate of drug-likeness (QED) is 0.485. The van der Waals surface area contributed by atoms with E-state index in [-0.39, 0.29) is 11.3 Å². The Morgan fingerprint density at radius 1 is 1.36 bits per heavy atom. The van der Waals surface area contributed by atoms with Crippen LogP contribution in [0.15, 0.2) is 17.7 Å². The predicted octanol–water partition coefficient (Wildman–Crippen LogP) is 3.61. The molecule has 0 atom stereocenters. The molecule has 0 bridgehead atoms. The van der Waals surface area contributed by atoms with E-state index in [2.05, 4.69) is 13.8 Å². The number of allylic oxidation sites excluding steroid dienone is 2. The summed E-state index contributed by atoms with van der Waals surface area (Å²) < 4.78 is 6.33. The maximum atomic E-state index is 12.8. The molecule has 4 heteroatoms. The molecule has 0 saturated heterocycles. The maximum Gasteiger partial charge on any atom is 0.262 e. The maximum absolute atomic E-state index is 12.8. The SMILES string of the molecule is COc1ccc(C(C)C)[n+]([O-])c1C1=C(C=O)CC(C)(C)CC1. The topological polar surface area (TPSA) is 53.2 Å². The van der Waals surface area contributed by atoms with Crippen molar-refractivity contribution in [1.29, 1.82) is 0 Å². The number of ether oxygens (including phenoxy) is 1. The van der Waals surface area contributed by atoms with Crippen molar-refractivity contribution < 1.29 is 14.3 Å². The lowest BCUT2D eigenvalue weighted by Crippen LogP contribution is -2.38. The van der Waals surface area contributed by atoms with Gasteiger partial charge < -0.3 is 9.94 Å². The first-order chi connectivity index (χ1) is 10.3. The molecule has 0 radical (unpaired) electrons. The van der Waals surface area contributed by atoms with Gasteiger partial charge in [0.1, 0.15) is 6.29 Å². The number of carbonyl (C=O) groups excluding carboxylic acids is 1.